The minimum atomic E-state index is 0. The van der Waals surface area contributed by atoms with Crippen molar-refractivity contribution in [3.8, 4) is 5.75 Å². The number of hydrogen-bond donors (Lipinski definition) is 0. The van der Waals surface area contributed by atoms with Gasteiger partial charge < -0.3 is 9.64 Å². The highest BCUT2D eigenvalue weighted by atomic mass is 35.5. The lowest BCUT2D eigenvalue weighted by Crippen LogP contribution is -2.15. The van der Waals surface area contributed by atoms with Gasteiger partial charge in [0, 0.05) is 28.3 Å². The van der Waals surface area contributed by atoms with E-state index >= 15 is 0 Å². The summed E-state index contributed by atoms with van der Waals surface area (Å²) in [5.41, 5.74) is 1.90. The van der Waals surface area contributed by atoms with Crippen molar-refractivity contribution in [1.82, 2.24) is 4.90 Å². The van der Waals surface area contributed by atoms with Gasteiger partial charge in [0.25, 0.3) is 0 Å². The zero-order valence-corrected chi connectivity index (χ0v) is 15.6. The standard InChI is InChI=1S/C19H21NO2S.ClH/c1-20(2)10-5-11-22-15-8-9-16-17(21)12-14-6-3-4-7-18(14)23-19(16)13-15;/h3-4,6-9,13H,5,10-12H2,1-2H3;1H. The Morgan fingerprint density at radius 2 is 1.92 bits per heavy atom. The quantitative estimate of drug-likeness (QED) is 0.739. The molecule has 1 aliphatic rings. The van der Waals surface area contributed by atoms with Crippen molar-refractivity contribution < 1.29 is 9.53 Å². The van der Waals surface area contributed by atoms with Crippen molar-refractivity contribution in [1.29, 1.82) is 0 Å². The lowest BCUT2D eigenvalue weighted by Gasteiger charge is -2.12. The molecule has 0 saturated heterocycles. The number of halogens is 1. The van der Waals surface area contributed by atoms with Gasteiger partial charge in [-0.2, -0.15) is 0 Å². The van der Waals surface area contributed by atoms with E-state index in [4.69, 9.17) is 4.74 Å². The molecule has 5 heteroatoms. The maximum absolute atomic E-state index is 12.5. The fourth-order valence-electron chi connectivity index (χ4n) is 2.61. The topological polar surface area (TPSA) is 29.5 Å². The minimum Gasteiger partial charge on any atom is -0.494 e. The summed E-state index contributed by atoms with van der Waals surface area (Å²) >= 11 is 1.66. The number of rotatable bonds is 5. The van der Waals surface area contributed by atoms with Crippen molar-refractivity contribution in [2.45, 2.75) is 22.6 Å². The molecule has 1 aliphatic heterocycles. The highest BCUT2D eigenvalue weighted by Gasteiger charge is 2.20. The molecule has 2 aromatic carbocycles. The average molecular weight is 364 g/mol. The van der Waals surface area contributed by atoms with Crippen LogP contribution in [0, 0.1) is 0 Å². The first-order valence-electron chi connectivity index (χ1n) is 7.84. The molecule has 0 N–H and O–H groups in total. The SMILES string of the molecule is CN(C)CCCOc1ccc2c(c1)Sc1ccccc1CC2=O.Cl. The number of carbonyl (C=O) groups excluding carboxylic acids is 1. The first-order valence-corrected chi connectivity index (χ1v) is 8.65. The predicted octanol–water partition coefficient (Wildman–Crippen LogP) is 4.33. The second-order valence-corrected chi connectivity index (χ2v) is 7.06. The van der Waals surface area contributed by atoms with Gasteiger partial charge >= 0.3 is 0 Å². The molecule has 3 nitrogen and oxygen atoms in total. The van der Waals surface area contributed by atoms with Crippen molar-refractivity contribution in [2.75, 3.05) is 27.2 Å². The lowest BCUT2D eigenvalue weighted by atomic mass is 10.0. The average Bonchev–Trinajstić information content (AvgIpc) is 2.67. The zero-order chi connectivity index (χ0) is 16.2. The van der Waals surface area contributed by atoms with Gasteiger partial charge in [0.1, 0.15) is 5.75 Å². The van der Waals surface area contributed by atoms with Crippen molar-refractivity contribution in [3.05, 3.63) is 53.6 Å². The van der Waals surface area contributed by atoms with Gasteiger partial charge in [-0.15, -0.1) is 12.4 Å². The fourth-order valence-corrected chi connectivity index (χ4v) is 3.74. The smallest absolute Gasteiger partial charge is 0.168 e. The molecule has 0 saturated carbocycles. The molecule has 0 radical (unpaired) electrons. The van der Waals surface area contributed by atoms with Crippen LogP contribution in [0.25, 0.3) is 0 Å². The number of ether oxygens (including phenoxy) is 1. The molecule has 1 heterocycles. The van der Waals surface area contributed by atoms with E-state index in [1.807, 2.05) is 36.4 Å². The van der Waals surface area contributed by atoms with E-state index in [1.54, 1.807) is 11.8 Å². The monoisotopic (exact) mass is 363 g/mol. The van der Waals surface area contributed by atoms with Gasteiger partial charge in [0.2, 0.25) is 0 Å². The summed E-state index contributed by atoms with van der Waals surface area (Å²) in [6.45, 7) is 1.69. The molecule has 2 aromatic rings. The van der Waals surface area contributed by atoms with Crippen LogP contribution in [0.1, 0.15) is 22.3 Å². The third-order valence-corrected chi connectivity index (χ3v) is 4.99. The van der Waals surface area contributed by atoms with E-state index in [0.29, 0.717) is 13.0 Å². The first kappa shape index (κ1) is 18.8. The molecular formula is C19H22ClNO2S. The van der Waals surface area contributed by atoms with Crippen LogP contribution in [-0.2, 0) is 6.42 Å². The predicted molar refractivity (Wildman–Crippen MR) is 101 cm³/mol. The van der Waals surface area contributed by atoms with E-state index in [2.05, 4.69) is 25.1 Å². The third-order valence-electron chi connectivity index (χ3n) is 3.82. The molecular weight excluding hydrogens is 342 g/mol. The Labute approximate surface area is 153 Å². The summed E-state index contributed by atoms with van der Waals surface area (Å²) in [6.07, 6.45) is 1.46. The molecule has 0 unspecified atom stereocenters. The van der Waals surface area contributed by atoms with Crippen LogP contribution in [0.4, 0.5) is 0 Å². The molecule has 0 atom stereocenters. The summed E-state index contributed by atoms with van der Waals surface area (Å²) in [6, 6.07) is 13.9. The first-order chi connectivity index (χ1) is 11.1. The lowest BCUT2D eigenvalue weighted by molar-refractivity contribution is 0.0990. The highest BCUT2D eigenvalue weighted by molar-refractivity contribution is 7.99. The highest BCUT2D eigenvalue weighted by Crippen LogP contribution is 2.38. The minimum absolute atomic E-state index is 0. The molecule has 0 bridgehead atoms. The van der Waals surface area contributed by atoms with E-state index in [-0.39, 0.29) is 18.2 Å². The van der Waals surface area contributed by atoms with Gasteiger partial charge in [-0.25, -0.2) is 0 Å². The van der Waals surface area contributed by atoms with E-state index in [9.17, 15) is 4.79 Å². The number of nitrogens with zero attached hydrogens (tertiary/aromatic N) is 1. The summed E-state index contributed by atoms with van der Waals surface area (Å²) in [7, 11) is 4.12. The molecule has 0 spiro atoms. The number of carbonyl (C=O) groups is 1. The van der Waals surface area contributed by atoms with Crippen LogP contribution < -0.4 is 4.74 Å². The summed E-state index contributed by atoms with van der Waals surface area (Å²) in [5.74, 6) is 1.01. The fraction of sp³-hybridized carbons (Fsp3) is 0.316. The summed E-state index contributed by atoms with van der Waals surface area (Å²) in [4.78, 5) is 16.7. The second-order valence-electron chi connectivity index (χ2n) is 5.97. The molecule has 0 aromatic heterocycles. The van der Waals surface area contributed by atoms with Crippen molar-refractivity contribution in [2.24, 2.45) is 0 Å². The number of hydrogen-bond acceptors (Lipinski definition) is 4. The van der Waals surface area contributed by atoms with Crippen LogP contribution in [-0.4, -0.2) is 37.9 Å². The van der Waals surface area contributed by atoms with E-state index in [0.717, 1.165) is 39.6 Å². The van der Waals surface area contributed by atoms with Gasteiger partial charge in [0.05, 0.1) is 6.61 Å². The largest absolute Gasteiger partial charge is 0.494 e. The summed E-state index contributed by atoms with van der Waals surface area (Å²) < 4.78 is 5.84. The Bertz CT molecular complexity index is 718. The zero-order valence-electron chi connectivity index (χ0n) is 14.0. The normalized spacial score (nSPS) is 12.9. The Kier molecular flexibility index (Phi) is 6.72. The Hall–Kier alpha value is -1.49. The Balaban J connectivity index is 0.00000208. The van der Waals surface area contributed by atoms with Gasteiger partial charge in [-0.05, 0) is 50.3 Å². The maximum atomic E-state index is 12.5. The number of fused-ring (bicyclic) bond motifs is 2. The van der Waals surface area contributed by atoms with Crippen LogP contribution in [0.3, 0.4) is 0 Å². The molecule has 3 rings (SSSR count). The second kappa shape index (κ2) is 8.56. The van der Waals surface area contributed by atoms with Crippen LogP contribution in [0.5, 0.6) is 5.75 Å². The molecule has 128 valence electrons. The molecule has 0 fully saturated rings. The molecule has 24 heavy (non-hydrogen) atoms. The van der Waals surface area contributed by atoms with Crippen LogP contribution >= 0.6 is 24.2 Å². The number of benzene rings is 2. The van der Waals surface area contributed by atoms with Crippen molar-refractivity contribution >= 4 is 30.0 Å². The third kappa shape index (κ3) is 4.53. The van der Waals surface area contributed by atoms with Crippen LogP contribution in [0.2, 0.25) is 0 Å². The van der Waals surface area contributed by atoms with Gasteiger partial charge in [-0.1, -0.05) is 30.0 Å². The number of ketones is 1. The van der Waals surface area contributed by atoms with E-state index < -0.39 is 0 Å². The molecule has 0 amide bonds. The molecule has 0 aliphatic carbocycles. The Morgan fingerprint density at radius 1 is 1.12 bits per heavy atom. The number of Topliss-reactive ketones (excluding diaryl/α,β-unsaturated/α-hetero) is 1. The Morgan fingerprint density at radius 3 is 2.71 bits per heavy atom. The maximum Gasteiger partial charge on any atom is 0.168 e. The summed E-state index contributed by atoms with van der Waals surface area (Å²) in [5, 5.41) is 0. The van der Waals surface area contributed by atoms with Crippen LogP contribution in [0.15, 0.2) is 52.3 Å². The van der Waals surface area contributed by atoms with Crippen molar-refractivity contribution in [3.63, 3.8) is 0 Å². The van der Waals surface area contributed by atoms with Gasteiger partial charge in [0.15, 0.2) is 5.78 Å². The van der Waals surface area contributed by atoms with Gasteiger partial charge in [-0.3, -0.25) is 4.79 Å². The van der Waals surface area contributed by atoms with E-state index in [1.165, 1.54) is 0 Å².